The molecule has 17 heavy (non-hydrogen) atoms. The molecule has 2 aromatic rings. The van der Waals surface area contributed by atoms with Crippen molar-refractivity contribution < 1.29 is 18.0 Å². The Morgan fingerprint density at radius 1 is 1.41 bits per heavy atom. The maximum atomic E-state index is 12.5. The van der Waals surface area contributed by atoms with E-state index in [1.54, 1.807) is 0 Å². The highest BCUT2D eigenvalue weighted by Crippen LogP contribution is 2.28. The minimum atomic E-state index is -4.80. The molecule has 11 heteroatoms. The summed E-state index contributed by atoms with van der Waals surface area (Å²) in [6, 6.07) is -1.13. The summed E-state index contributed by atoms with van der Waals surface area (Å²) in [6.45, 7) is 0. The number of aromatic nitrogens is 6. The Labute approximate surface area is 99.4 Å². The van der Waals surface area contributed by atoms with Crippen molar-refractivity contribution in [2.75, 3.05) is 0 Å². The van der Waals surface area contributed by atoms with Crippen LogP contribution in [0.5, 0.6) is 0 Å². The van der Waals surface area contributed by atoms with Crippen molar-refractivity contribution in [3.63, 3.8) is 0 Å². The maximum absolute atomic E-state index is 12.5. The summed E-state index contributed by atoms with van der Waals surface area (Å²) < 4.78 is 37.9. The van der Waals surface area contributed by atoms with Gasteiger partial charge in [-0.05, 0) is 15.9 Å². The molecule has 2 rings (SSSR count). The number of hydrogen-bond acceptors (Lipinski definition) is 5. The highest BCUT2D eigenvalue weighted by atomic mass is 79.9. The molecule has 0 aliphatic heterocycles. The van der Waals surface area contributed by atoms with Gasteiger partial charge in [-0.3, -0.25) is 0 Å². The average molecular weight is 311 g/mol. The van der Waals surface area contributed by atoms with Crippen LogP contribution in [0.4, 0.5) is 18.0 Å². The molecule has 90 valence electrons. The van der Waals surface area contributed by atoms with E-state index in [1.807, 2.05) is 0 Å². The zero-order valence-corrected chi connectivity index (χ0v) is 9.34. The monoisotopic (exact) mass is 310 g/mol. The predicted molar refractivity (Wildman–Crippen MR) is 48.9 cm³/mol. The van der Waals surface area contributed by atoms with Gasteiger partial charge in [0, 0.05) is 0 Å². The van der Waals surface area contributed by atoms with Crippen molar-refractivity contribution in [2.24, 2.45) is 0 Å². The predicted octanol–water partition coefficient (Wildman–Crippen LogP) is 1.17. The largest absolute Gasteiger partial charge is 0.451 e. The second-order valence-electron chi connectivity index (χ2n) is 2.74. The molecule has 0 aromatic carbocycles. The summed E-state index contributed by atoms with van der Waals surface area (Å²) in [5.41, 5.74) is 0. The lowest BCUT2D eigenvalue weighted by molar-refractivity contribution is -0.146. The van der Waals surface area contributed by atoms with E-state index in [9.17, 15) is 18.0 Å². The van der Waals surface area contributed by atoms with Gasteiger partial charge < -0.3 is 0 Å². The zero-order valence-electron chi connectivity index (χ0n) is 7.76. The number of rotatable bonds is 0. The molecule has 0 saturated heterocycles. The van der Waals surface area contributed by atoms with E-state index in [2.05, 4.69) is 36.1 Å². The molecular weight excluding hydrogens is 309 g/mol. The lowest BCUT2D eigenvalue weighted by atomic mass is 10.6. The van der Waals surface area contributed by atoms with Crippen molar-refractivity contribution in [3.8, 4) is 0 Å². The van der Waals surface area contributed by atoms with Gasteiger partial charge in [0.1, 0.15) is 12.7 Å². The smallest absolute Gasteiger partial charge is 0.243 e. The first-order valence-electron chi connectivity index (χ1n) is 3.98. The fourth-order valence-electron chi connectivity index (χ4n) is 1.01. The number of hydrogen-bond donors (Lipinski definition) is 0. The van der Waals surface area contributed by atoms with Crippen LogP contribution < -0.4 is 0 Å². The Morgan fingerprint density at radius 3 is 2.65 bits per heavy atom. The number of carbonyl (C=O) groups excluding carboxylic acids is 1. The summed E-state index contributed by atoms with van der Waals surface area (Å²) >= 11 is 2.67. The molecule has 0 saturated carbocycles. The highest BCUT2D eigenvalue weighted by molar-refractivity contribution is 9.10. The molecule has 2 aromatic heterocycles. The number of nitrogens with zero attached hydrogens (tertiary/aromatic N) is 6. The van der Waals surface area contributed by atoms with Crippen LogP contribution in [0.1, 0.15) is 5.82 Å². The van der Waals surface area contributed by atoms with Gasteiger partial charge in [-0.2, -0.15) is 32.6 Å². The van der Waals surface area contributed by atoms with E-state index in [4.69, 9.17) is 0 Å². The molecule has 0 spiro atoms. The molecule has 2 heterocycles. The second kappa shape index (κ2) is 3.91. The number of carbonyl (C=O) groups is 1. The lowest BCUT2D eigenvalue weighted by Crippen LogP contribution is -2.26. The Kier molecular flexibility index (Phi) is 2.69. The Bertz CT molecular complexity index is 547. The van der Waals surface area contributed by atoms with E-state index in [0.717, 1.165) is 12.7 Å². The second-order valence-corrected chi connectivity index (χ2v) is 3.45. The summed E-state index contributed by atoms with van der Waals surface area (Å²) in [4.78, 5) is 18.1. The molecule has 0 fully saturated rings. The zero-order chi connectivity index (χ0) is 12.6. The standard InChI is InChI=1S/C6H2BrF3N6O/c7-4-13-3(6(8,9)10)16(14-4)5(17)15-2-11-1-12-15/h1-2H. The van der Waals surface area contributed by atoms with Gasteiger partial charge in [-0.15, -0.1) is 5.10 Å². The van der Waals surface area contributed by atoms with Crippen LogP contribution in [0.3, 0.4) is 0 Å². The number of alkyl halides is 3. The van der Waals surface area contributed by atoms with Gasteiger partial charge in [0.25, 0.3) is 0 Å². The fourth-order valence-corrected chi connectivity index (χ4v) is 1.33. The van der Waals surface area contributed by atoms with E-state index in [-0.39, 0.29) is 9.42 Å². The lowest BCUT2D eigenvalue weighted by Gasteiger charge is -2.06. The molecule has 0 atom stereocenters. The maximum Gasteiger partial charge on any atom is 0.451 e. The van der Waals surface area contributed by atoms with Crippen LogP contribution in [0.15, 0.2) is 17.4 Å². The highest BCUT2D eigenvalue weighted by Gasteiger charge is 2.40. The van der Waals surface area contributed by atoms with Crippen molar-refractivity contribution in [2.45, 2.75) is 6.18 Å². The third-order valence-corrected chi connectivity index (χ3v) is 1.97. The first-order valence-corrected chi connectivity index (χ1v) is 4.78. The fraction of sp³-hybridized carbons (Fsp3) is 0.167. The van der Waals surface area contributed by atoms with Crippen LogP contribution in [-0.2, 0) is 6.18 Å². The average Bonchev–Trinajstić information content (AvgIpc) is 2.83. The molecule has 0 amide bonds. The minimum Gasteiger partial charge on any atom is -0.243 e. The SMILES string of the molecule is O=C(n1cncn1)n1nc(Br)nc1C(F)(F)F. The van der Waals surface area contributed by atoms with Crippen LogP contribution in [0.2, 0.25) is 0 Å². The first-order chi connectivity index (χ1) is 7.89. The van der Waals surface area contributed by atoms with Gasteiger partial charge in [-0.25, -0.2) is 9.78 Å². The minimum absolute atomic E-state index is 0.0960. The summed E-state index contributed by atoms with van der Waals surface area (Å²) in [5.74, 6) is -1.44. The van der Waals surface area contributed by atoms with Crippen LogP contribution in [0.25, 0.3) is 0 Å². The summed E-state index contributed by atoms with van der Waals surface area (Å²) in [5, 5.41) is 6.71. The Morgan fingerprint density at radius 2 is 2.12 bits per heavy atom. The normalized spacial score (nSPS) is 11.8. The number of halogens is 4. The molecule has 0 aliphatic rings. The summed E-state index contributed by atoms with van der Waals surface area (Å²) in [6.07, 6.45) is -2.83. The topological polar surface area (TPSA) is 78.5 Å². The van der Waals surface area contributed by atoms with Gasteiger partial charge in [0.15, 0.2) is 0 Å². The van der Waals surface area contributed by atoms with Crippen LogP contribution >= 0.6 is 15.9 Å². The van der Waals surface area contributed by atoms with Crippen molar-refractivity contribution in [1.82, 2.24) is 29.5 Å². The van der Waals surface area contributed by atoms with Crippen molar-refractivity contribution in [3.05, 3.63) is 23.2 Å². The van der Waals surface area contributed by atoms with Crippen molar-refractivity contribution in [1.29, 1.82) is 0 Å². The molecule has 0 aliphatic carbocycles. The molecule has 0 N–H and O–H groups in total. The Balaban J connectivity index is 2.49. The van der Waals surface area contributed by atoms with Gasteiger partial charge >= 0.3 is 12.2 Å². The van der Waals surface area contributed by atoms with Crippen LogP contribution in [-0.4, -0.2) is 35.6 Å². The van der Waals surface area contributed by atoms with Crippen molar-refractivity contribution >= 4 is 22.0 Å². The molecule has 0 unspecified atom stereocenters. The third kappa shape index (κ3) is 2.18. The summed E-state index contributed by atoms with van der Waals surface area (Å²) in [7, 11) is 0. The van der Waals surface area contributed by atoms with E-state index in [1.165, 1.54) is 0 Å². The van der Waals surface area contributed by atoms with E-state index in [0.29, 0.717) is 4.68 Å². The molecule has 0 radical (unpaired) electrons. The van der Waals surface area contributed by atoms with Gasteiger partial charge in [0.2, 0.25) is 10.6 Å². The quantitative estimate of drug-likeness (QED) is 0.730. The van der Waals surface area contributed by atoms with E-state index < -0.39 is 18.0 Å². The van der Waals surface area contributed by atoms with Gasteiger partial charge in [-0.1, -0.05) is 0 Å². The molecule has 7 nitrogen and oxygen atoms in total. The Hall–Kier alpha value is -1.78. The van der Waals surface area contributed by atoms with Gasteiger partial charge in [0.05, 0.1) is 0 Å². The third-order valence-electron chi connectivity index (χ3n) is 1.63. The molecular formula is C6H2BrF3N6O. The van der Waals surface area contributed by atoms with E-state index >= 15 is 0 Å². The molecule has 0 bridgehead atoms. The van der Waals surface area contributed by atoms with Crippen LogP contribution in [0, 0.1) is 0 Å². The first kappa shape index (κ1) is 11.7.